The Kier molecular flexibility index (Phi) is 5.22. The number of nitrogens with zero attached hydrogens (tertiary/aromatic N) is 1. The minimum atomic E-state index is 0.208. The smallest absolute Gasteiger partial charge is 0.0309 e. The fourth-order valence-electron chi connectivity index (χ4n) is 3.36. The van der Waals surface area contributed by atoms with Crippen molar-refractivity contribution in [2.24, 2.45) is 0 Å². The van der Waals surface area contributed by atoms with Crippen molar-refractivity contribution in [1.29, 1.82) is 0 Å². The Bertz CT molecular complexity index is 402. The third-order valence-corrected chi connectivity index (χ3v) is 4.93. The highest BCUT2D eigenvalue weighted by molar-refractivity contribution is 5.22. The molecule has 1 aliphatic heterocycles. The van der Waals surface area contributed by atoms with Crippen LogP contribution in [-0.2, 0) is 6.42 Å². The van der Waals surface area contributed by atoms with Crippen LogP contribution in [0.5, 0.6) is 0 Å². The van der Waals surface area contributed by atoms with Gasteiger partial charge < -0.3 is 5.32 Å². The van der Waals surface area contributed by atoms with Gasteiger partial charge in [0.25, 0.3) is 0 Å². The molecule has 1 saturated heterocycles. The van der Waals surface area contributed by atoms with Crippen LogP contribution in [0.4, 0.5) is 0 Å². The normalized spacial score (nSPS) is 19.0. The second kappa shape index (κ2) is 6.73. The van der Waals surface area contributed by atoms with Crippen molar-refractivity contribution < 1.29 is 0 Å². The zero-order valence-electron chi connectivity index (χ0n) is 13.6. The predicted molar refractivity (Wildman–Crippen MR) is 87.2 cm³/mol. The summed E-state index contributed by atoms with van der Waals surface area (Å²) in [5, 5.41) is 3.56. The maximum absolute atomic E-state index is 3.56. The van der Waals surface area contributed by atoms with Crippen LogP contribution in [0.1, 0.15) is 44.2 Å². The zero-order valence-corrected chi connectivity index (χ0v) is 13.6. The molecule has 1 aromatic carbocycles. The lowest BCUT2D eigenvalue weighted by molar-refractivity contribution is 0.0635. The van der Waals surface area contributed by atoms with Gasteiger partial charge in [0.2, 0.25) is 0 Å². The molecule has 1 heterocycles. The summed E-state index contributed by atoms with van der Waals surface area (Å²) in [4.78, 5) is 2.67. The Morgan fingerprint density at radius 1 is 1.10 bits per heavy atom. The summed E-state index contributed by atoms with van der Waals surface area (Å²) in [6, 6.07) is 9.47. The molecule has 0 bridgehead atoms. The number of benzene rings is 1. The molecule has 1 aromatic rings. The number of likely N-dealkylation sites (tertiary alicyclic amines) is 1. The van der Waals surface area contributed by atoms with Gasteiger partial charge in [0.1, 0.15) is 0 Å². The van der Waals surface area contributed by atoms with E-state index in [4.69, 9.17) is 0 Å². The van der Waals surface area contributed by atoms with Crippen molar-refractivity contribution in [3.8, 4) is 0 Å². The fourth-order valence-corrected chi connectivity index (χ4v) is 3.36. The quantitative estimate of drug-likeness (QED) is 0.885. The molecule has 1 aliphatic rings. The van der Waals surface area contributed by atoms with Crippen LogP contribution in [-0.4, -0.2) is 36.6 Å². The minimum absolute atomic E-state index is 0.208. The van der Waals surface area contributed by atoms with Crippen molar-refractivity contribution >= 4 is 0 Å². The lowest BCUT2D eigenvalue weighted by Crippen LogP contribution is -2.59. The number of hydrogen-bond donors (Lipinski definition) is 1. The monoisotopic (exact) mass is 274 g/mol. The summed E-state index contributed by atoms with van der Waals surface area (Å²) in [5.41, 5.74) is 2.98. The first kappa shape index (κ1) is 15.5. The van der Waals surface area contributed by atoms with Crippen molar-refractivity contribution in [1.82, 2.24) is 10.2 Å². The molecular weight excluding hydrogens is 244 g/mol. The Morgan fingerprint density at radius 2 is 1.70 bits per heavy atom. The third kappa shape index (κ3) is 3.62. The Balaban J connectivity index is 2.07. The number of nitrogens with one attached hydrogen (secondary N) is 1. The average Bonchev–Trinajstić information content (AvgIpc) is 2.47. The van der Waals surface area contributed by atoms with Crippen molar-refractivity contribution in [2.75, 3.05) is 20.1 Å². The Hall–Kier alpha value is -0.860. The lowest BCUT2D eigenvalue weighted by Gasteiger charge is -2.46. The largest absolute Gasteiger partial charge is 0.315 e. The summed E-state index contributed by atoms with van der Waals surface area (Å²) in [6.07, 6.45) is 5.20. The van der Waals surface area contributed by atoms with Gasteiger partial charge in [-0.15, -0.1) is 0 Å². The van der Waals surface area contributed by atoms with Gasteiger partial charge in [-0.3, -0.25) is 4.90 Å². The van der Waals surface area contributed by atoms with Crippen molar-refractivity contribution in [3.63, 3.8) is 0 Å². The fraction of sp³-hybridized carbons (Fsp3) is 0.667. The molecule has 0 radical (unpaired) electrons. The predicted octanol–water partition coefficient (Wildman–Crippen LogP) is 3.39. The highest BCUT2D eigenvalue weighted by atomic mass is 15.2. The van der Waals surface area contributed by atoms with Crippen LogP contribution >= 0.6 is 0 Å². The molecule has 0 spiro atoms. The molecule has 1 N–H and O–H groups in total. The average molecular weight is 274 g/mol. The van der Waals surface area contributed by atoms with Gasteiger partial charge in [0.05, 0.1) is 0 Å². The molecule has 2 nitrogen and oxygen atoms in total. The highest BCUT2D eigenvalue weighted by Crippen LogP contribution is 2.25. The number of likely N-dealkylation sites (N-methyl/N-ethyl adjacent to an activating group) is 1. The van der Waals surface area contributed by atoms with E-state index in [1.54, 1.807) is 0 Å². The molecule has 0 amide bonds. The molecule has 0 aliphatic carbocycles. The van der Waals surface area contributed by atoms with E-state index in [1.165, 1.54) is 43.5 Å². The maximum Gasteiger partial charge on any atom is 0.0309 e. The van der Waals surface area contributed by atoms with Gasteiger partial charge in [-0.25, -0.2) is 0 Å². The summed E-state index contributed by atoms with van der Waals surface area (Å²) in [5.74, 6) is 0. The van der Waals surface area contributed by atoms with E-state index in [9.17, 15) is 0 Å². The third-order valence-electron chi connectivity index (χ3n) is 4.93. The number of rotatable bonds is 5. The van der Waals surface area contributed by atoms with Crippen LogP contribution in [0.25, 0.3) is 0 Å². The van der Waals surface area contributed by atoms with E-state index in [0.717, 1.165) is 6.42 Å². The molecule has 112 valence electrons. The topological polar surface area (TPSA) is 15.3 Å². The van der Waals surface area contributed by atoms with Gasteiger partial charge in [0, 0.05) is 11.6 Å². The minimum Gasteiger partial charge on any atom is -0.315 e. The van der Waals surface area contributed by atoms with Gasteiger partial charge in [-0.1, -0.05) is 36.2 Å². The van der Waals surface area contributed by atoms with E-state index in [2.05, 4.69) is 62.3 Å². The second-order valence-corrected chi connectivity index (χ2v) is 6.73. The van der Waals surface area contributed by atoms with Crippen LogP contribution in [0.2, 0.25) is 0 Å². The molecule has 1 fully saturated rings. The molecule has 1 atom stereocenters. The van der Waals surface area contributed by atoms with Gasteiger partial charge in [-0.05, 0) is 65.7 Å². The van der Waals surface area contributed by atoms with Crippen LogP contribution in [0.15, 0.2) is 24.3 Å². The molecule has 0 aromatic heterocycles. The SMILES string of the molecule is CNC(Cc1ccc(C)cc1)C(C)(C)N1CCCCC1. The Labute approximate surface area is 124 Å². The number of hydrogen-bond acceptors (Lipinski definition) is 2. The molecule has 1 unspecified atom stereocenters. The molecule has 20 heavy (non-hydrogen) atoms. The van der Waals surface area contributed by atoms with E-state index in [1.807, 2.05) is 0 Å². The van der Waals surface area contributed by atoms with Gasteiger partial charge in [0.15, 0.2) is 0 Å². The highest BCUT2D eigenvalue weighted by Gasteiger charge is 2.34. The van der Waals surface area contributed by atoms with Crippen molar-refractivity contribution in [3.05, 3.63) is 35.4 Å². The number of aryl methyl sites for hydroxylation is 1. The van der Waals surface area contributed by atoms with Crippen LogP contribution < -0.4 is 5.32 Å². The van der Waals surface area contributed by atoms with Gasteiger partial charge >= 0.3 is 0 Å². The maximum atomic E-state index is 3.56. The van der Waals surface area contributed by atoms with Crippen LogP contribution in [0.3, 0.4) is 0 Å². The first-order valence-electron chi connectivity index (χ1n) is 8.02. The van der Waals surface area contributed by atoms with Gasteiger partial charge in [-0.2, -0.15) is 0 Å². The molecule has 2 heteroatoms. The first-order valence-corrected chi connectivity index (χ1v) is 8.02. The van der Waals surface area contributed by atoms with E-state index in [0.29, 0.717) is 6.04 Å². The van der Waals surface area contributed by atoms with E-state index in [-0.39, 0.29) is 5.54 Å². The van der Waals surface area contributed by atoms with Crippen LogP contribution in [0, 0.1) is 6.92 Å². The molecule has 0 saturated carbocycles. The summed E-state index contributed by atoms with van der Waals surface area (Å²) in [7, 11) is 2.10. The van der Waals surface area contributed by atoms with E-state index >= 15 is 0 Å². The standard InChI is InChI=1S/C18H30N2/c1-15-8-10-16(11-9-15)14-17(19-4)18(2,3)20-12-6-5-7-13-20/h8-11,17,19H,5-7,12-14H2,1-4H3. The number of piperidine rings is 1. The summed E-state index contributed by atoms with van der Waals surface area (Å²) in [6.45, 7) is 9.44. The summed E-state index contributed by atoms with van der Waals surface area (Å²) >= 11 is 0. The summed E-state index contributed by atoms with van der Waals surface area (Å²) < 4.78 is 0. The van der Waals surface area contributed by atoms with Crippen molar-refractivity contribution in [2.45, 2.75) is 58.0 Å². The lowest BCUT2D eigenvalue weighted by atomic mass is 9.86. The second-order valence-electron chi connectivity index (χ2n) is 6.73. The van der Waals surface area contributed by atoms with E-state index < -0.39 is 0 Å². The molecular formula is C18H30N2. The molecule has 2 rings (SSSR count). The zero-order chi connectivity index (χ0) is 14.6. The Morgan fingerprint density at radius 3 is 2.25 bits per heavy atom. The first-order chi connectivity index (χ1) is 9.54.